The van der Waals surface area contributed by atoms with Crippen LogP contribution in [0.25, 0.3) is 22.0 Å². The molecule has 3 rings (SSSR count). The van der Waals surface area contributed by atoms with Crippen molar-refractivity contribution in [1.29, 1.82) is 0 Å². The number of nitrogens with zero attached hydrogens (tertiary/aromatic N) is 1. The summed E-state index contributed by atoms with van der Waals surface area (Å²) in [4.78, 5) is 5.84. The minimum absolute atomic E-state index is 0.157. The second-order valence-corrected chi connectivity index (χ2v) is 5.84. The van der Waals surface area contributed by atoms with Gasteiger partial charge in [0.1, 0.15) is 0 Å². The van der Waals surface area contributed by atoms with E-state index in [-0.39, 0.29) is 6.61 Å². The number of aryl methyl sites for hydroxylation is 1. The van der Waals surface area contributed by atoms with Crippen molar-refractivity contribution < 1.29 is 5.11 Å². The number of fused-ring (bicyclic) bond motifs is 1. The molecule has 19 heavy (non-hydrogen) atoms. The van der Waals surface area contributed by atoms with Gasteiger partial charge in [-0.05, 0) is 23.8 Å². The standard InChI is InChI=1S/C16H15NOS/c1-11-16(17-15(19-11)8-9-18)14-7-6-12-4-2-3-5-13(12)10-14/h2-7,10,18H,8-9H2,1H3. The van der Waals surface area contributed by atoms with Gasteiger partial charge < -0.3 is 5.11 Å². The molecule has 96 valence electrons. The number of aliphatic hydroxyl groups is 1. The zero-order valence-electron chi connectivity index (χ0n) is 10.8. The third kappa shape index (κ3) is 2.39. The summed E-state index contributed by atoms with van der Waals surface area (Å²) in [5.41, 5.74) is 2.19. The van der Waals surface area contributed by atoms with E-state index in [9.17, 15) is 0 Å². The van der Waals surface area contributed by atoms with Crippen LogP contribution in [0.4, 0.5) is 0 Å². The molecule has 0 fully saturated rings. The molecule has 0 aliphatic carbocycles. The van der Waals surface area contributed by atoms with Crippen molar-refractivity contribution in [3.05, 3.63) is 52.3 Å². The molecule has 0 unspecified atom stereocenters. The normalized spacial score (nSPS) is 11.1. The number of hydrogen-bond donors (Lipinski definition) is 1. The van der Waals surface area contributed by atoms with Gasteiger partial charge in [-0.1, -0.05) is 36.4 Å². The molecule has 0 aliphatic heterocycles. The lowest BCUT2D eigenvalue weighted by molar-refractivity contribution is 0.299. The van der Waals surface area contributed by atoms with E-state index in [0.29, 0.717) is 6.42 Å². The second kappa shape index (κ2) is 5.11. The summed E-state index contributed by atoms with van der Waals surface area (Å²) < 4.78 is 0. The van der Waals surface area contributed by atoms with Crippen molar-refractivity contribution in [2.75, 3.05) is 6.61 Å². The summed E-state index contributed by atoms with van der Waals surface area (Å²) in [6.45, 7) is 2.24. The minimum Gasteiger partial charge on any atom is -0.396 e. The Morgan fingerprint density at radius 3 is 2.68 bits per heavy atom. The van der Waals surface area contributed by atoms with Crippen LogP contribution in [0.3, 0.4) is 0 Å². The maximum Gasteiger partial charge on any atom is 0.0958 e. The molecule has 0 spiro atoms. The summed E-state index contributed by atoms with van der Waals surface area (Å²) in [6, 6.07) is 14.8. The molecule has 0 saturated heterocycles. The van der Waals surface area contributed by atoms with Gasteiger partial charge in [0, 0.05) is 23.5 Å². The van der Waals surface area contributed by atoms with Gasteiger partial charge in [-0.3, -0.25) is 0 Å². The van der Waals surface area contributed by atoms with Crippen LogP contribution in [-0.2, 0) is 6.42 Å². The van der Waals surface area contributed by atoms with Crippen LogP contribution in [-0.4, -0.2) is 16.7 Å². The molecule has 0 bridgehead atoms. The summed E-state index contributed by atoms with van der Waals surface area (Å²) in [6.07, 6.45) is 0.638. The van der Waals surface area contributed by atoms with E-state index in [1.54, 1.807) is 11.3 Å². The van der Waals surface area contributed by atoms with E-state index >= 15 is 0 Å². The minimum atomic E-state index is 0.157. The van der Waals surface area contributed by atoms with Crippen molar-refractivity contribution in [2.24, 2.45) is 0 Å². The molecule has 0 aliphatic rings. The van der Waals surface area contributed by atoms with E-state index in [0.717, 1.165) is 16.3 Å². The highest BCUT2D eigenvalue weighted by Gasteiger charge is 2.09. The molecule has 0 saturated carbocycles. The van der Waals surface area contributed by atoms with Gasteiger partial charge in [-0.15, -0.1) is 11.3 Å². The van der Waals surface area contributed by atoms with Crippen LogP contribution in [0, 0.1) is 6.92 Å². The molecule has 0 atom stereocenters. The van der Waals surface area contributed by atoms with Crippen LogP contribution >= 0.6 is 11.3 Å². The van der Waals surface area contributed by atoms with Gasteiger partial charge in [-0.25, -0.2) is 4.98 Å². The van der Waals surface area contributed by atoms with Crippen molar-refractivity contribution in [1.82, 2.24) is 4.98 Å². The quantitative estimate of drug-likeness (QED) is 0.784. The fourth-order valence-corrected chi connectivity index (χ4v) is 3.20. The van der Waals surface area contributed by atoms with Crippen LogP contribution in [0.5, 0.6) is 0 Å². The molecule has 1 heterocycles. The summed E-state index contributed by atoms with van der Waals surface area (Å²) in [5, 5.41) is 12.5. The Balaban J connectivity index is 2.08. The summed E-state index contributed by atoms with van der Waals surface area (Å²) in [5.74, 6) is 0. The van der Waals surface area contributed by atoms with Crippen LogP contribution in [0.1, 0.15) is 9.88 Å². The predicted molar refractivity (Wildman–Crippen MR) is 80.6 cm³/mol. The number of aliphatic hydroxyl groups excluding tert-OH is 1. The Morgan fingerprint density at radius 2 is 1.89 bits per heavy atom. The first-order chi connectivity index (χ1) is 9.28. The number of thiazole rings is 1. The fourth-order valence-electron chi connectivity index (χ4n) is 2.26. The van der Waals surface area contributed by atoms with E-state index in [2.05, 4.69) is 54.4 Å². The van der Waals surface area contributed by atoms with Crippen molar-refractivity contribution in [3.63, 3.8) is 0 Å². The SMILES string of the molecule is Cc1sc(CCO)nc1-c1ccc2ccccc2c1. The lowest BCUT2D eigenvalue weighted by Gasteiger charge is -2.02. The highest BCUT2D eigenvalue weighted by molar-refractivity contribution is 7.12. The monoisotopic (exact) mass is 269 g/mol. The first-order valence-electron chi connectivity index (χ1n) is 6.34. The number of hydrogen-bond acceptors (Lipinski definition) is 3. The molecular formula is C16H15NOS. The third-order valence-electron chi connectivity index (χ3n) is 3.19. The van der Waals surface area contributed by atoms with Gasteiger partial charge in [0.15, 0.2) is 0 Å². The lowest BCUT2D eigenvalue weighted by Crippen LogP contribution is -1.89. The van der Waals surface area contributed by atoms with E-state index < -0.39 is 0 Å². The van der Waals surface area contributed by atoms with Crippen molar-refractivity contribution >= 4 is 22.1 Å². The summed E-state index contributed by atoms with van der Waals surface area (Å²) >= 11 is 1.67. The predicted octanol–water partition coefficient (Wildman–Crippen LogP) is 3.81. The first-order valence-corrected chi connectivity index (χ1v) is 7.16. The molecule has 3 heteroatoms. The Labute approximate surface area is 116 Å². The topological polar surface area (TPSA) is 33.1 Å². The highest BCUT2D eigenvalue weighted by atomic mass is 32.1. The molecule has 0 radical (unpaired) electrons. The van der Waals surface area contributed by atoms with E-state index in [1.807, 2.05) is 0 Å². The zero-order chi connectivity index (χ0) is 13.2. The molecule has 1 N–H and O–H groups in total. The lowest BCUT2D eigenvalue weighted by atomic mass is 10.0. The second-order valence-electron chi connectivity index (χ2n) is 4.55. The smallest absolute Gasteiger partial charge is 0.0958 e. The van der Waals surface area contributed by atoms with E-state index in [1.165, 1.54) is 15.6 Å². The van der Waals surface area contributed by atoms with Crippen LogP contribution in [0.15, 0.2) is 42.5 Å². The van der Waals surface area contributed by atoms with Crippen molar-refractivity contribution in [3.8, 4) is 11.3 Å². The Kier molecular flexibility index (Phi) is 3.32. The number of benzene rings is 2. The Bertz CT molecular complexity index is 718. The average molecular weight is 269 g/mol. The fraction of sp³-hybridized carbons (Fsp3) is 0.188. The Hall–Kier alpha value is -1.71. The van der Waals surface area contributed by atoms with Crippen molar-refractivity contribution in [2.45, 2.75) is 13.3 Å². The van der Waals surface area contributed by atoms with Gasteiger partial charge in [0.25, 0.3) is 0 Å². The first kappa shape index (κ1) is 12.3. The van der Waals surface area contributed by atoms with Gasteiger partial charge in [-0.2, -0.15) is 0 Å². The maximum absolute atomic E-state index is 9.00. The van der Waals surface area contributed by atoms with E-state index in [4.69, 9.17) is 5.11 Å². The molecule has 2 aromatic carbocycles. The largest absolute Gasteiger partial charge is 0.396 e. The summed E-state index contributed by atoms with van der Waals surface area (Å²) in [7, 11) is 0. The number of rotatable bonds is 3. The molecule has 2 nitrogen and oxygen atoms in total. The Morgan fingerprint density at radius 1 is 1.11 bits per heavy atom. The molecule has 0 amide bonds. The molecule has 3 aromatic rings. The molecular weight excluding hydrogens is 254 g/mol. The average Bonchev–Trinajstić information content (AvgIpc) is 2.79. The van der Waals surface area contributed by atoms with Gasteiger partial charge >= 0.3 is 0 Å². The van der Waals surface area contributed by atoms with Gasteiger partial charge in [0.05, 0.1) is 10.7 Å². The zero-order valence-corrected chi connectivity index (χ0v) is 11.6. The van der Waals surface area contributed by atoms with Gasteiger partial charge in [0.2, 0.25) is 0 Å². The van der Waals surface area contributed by atoms with Crippen LogP contribution in [0.2, 0.25) is 0 Å². The third-order valence-corrected chi connectivity index (χ3v) is 4.22. The van der Waals surface area contributed by atoms with Crippen LogP contribution < -0.4 is 0 Å². The number of aromatic nitrogens is 1. The maximum atomic E-state index is 9.00. The molecule has 1 aromatic heterocycles. The highest BCUT2D eigenvalue weighted by Crippen LogP contribution is 2.29.